The Morgan fingerprint density at radius 3 is 2.76 bits per heavy atom. The van der Waals surface area contributed by atoms with Crippen molar-refractivity contribution in [3.05, 3.63) is 28.8 Å². The molecule has 0 bridgehead atoms. The summed E-state index contributed by atoms with van der Waals surface area (Å²) in [5.41, 5.74) is 0.727. The van der Waals surface area contributed by atoms with Gasteiger partial charge in [0.2, 0.25) is 0 Å². The van der Waals surface area contributed by atoms with Crippen LogP contribution >= 0.6 is 23.5 Å². The van der Waals surface area contributed by atoms with Gasteiger partial charge in [0.25, 0.3) is 0 Å². The smallest absolute Gasteiger partial charge is 0.140 e. The zero-order valence-corrected chi connectivity index (χ0v) is 11.4. The van der Waals surface area contributed by atoms with Gasteiger partial charge in [-0.05, 0) is 49.4 Å². The first-order valence-corrected chi connectivity index (χ1v) is 7.02. The number of nitrogens with one attached hydrogen (secondary N) is 1. The summed E-state index contributed by atoms with van der Waals surface area (Å²) in [6.07, 6.45) is 5.18. The van der Waals surface area contributed by atoms with Crippen molar-refractivity contribution < 1.29 is 4.79 Å². The summed E-state index contributed by atoms with van der Waals surface area (Å²) in [5.74, 6) is 0. The maximum absolute atomic E-state index is 11.2. The molecular formula is C13H16ClNOS. The van der Waals surface area contributed by atoms with Gasteiger partial charge in [0.15, 0.2) is 0 Å². The van der Waals surface area contributed by atoms with Gasteiger partial charge in [-0.3, -0.25) is 0 Å². The molecule has 2 rings (SSSR count). The highest BCUT2D eigenvalue weighted by Crippen LogP contribution is 2.33. The fraction of sp³-hybridized carbons (Fsp3) is 0.462. The minimum Gasteiger partial charge on any atom is -0.301 e. The fourth-order valence-electron chi connectivity index (χ4n) is 2.10. The molecule has 92 valence electrons. The molecule has 0 heterocycles. The molecule has 1 aromatic rings. The third kappa shape index (κ3) is 2.84. The number of rotatable bonds is 4. The molecule has 1 saturated carbocycles. The van der Waals surface area contributed by atoms with Crippen LogP contribution in [0.3, 0.4) is 0 Å². The van der Waals surface area contributed by atoms with Gasteiger partial charge in [-0.15, -0.1) is 0 Å². The molecule has 0 amide bonds. The van der Waals surface area contributed by atoms with Gasteiger partial charge in [0.05, 0.1) is 5.54 Å². The first kappa shape index (κ1) is 12.9. The Morgan fingerprint density at radius 1 is 1.41 bits per heavy atom. The molecule has 1 aliphatic rings. The molecule has 4 heteroatoms. The van der Waals surface area contributed by atoms with Crippen LogP contribution in [0.5, 0.6) is 0 Å². The monoisotopic (exact) mass is 269 g/mol. The highest BCUT2D eigenvalue weighted by molar-refractivity contribution is 7.97. The summed E-state index contributed by atoms with van der Waals surface area (Å²) in [6.45, 7) is 1.99. The van der Waals surface area contributed by atoms with Crippen LogP contribution in [0.15, 0.2) is 23.1 Å². The Hall–Kier alpha value is -0.510. The highest BCUT2D eigenvalue weighted by Gasteiger charge is 2.33. The van der Waals surface area contributed by atoms with Gasteiger partial charge in [-0.2, -0.15) is 0 Å². The normalized spacial score (nSPS) is 18.2. The molecule has 0 aromatic heterocycles. The molecule has 17 heavy (non-hydrogen) atoms. The lowest BCUT2D eigenvalue weighted by Crippen LogP contribution is -2.39. The number of halogens is 1. The summed E-state index contributed by atoms with van der Waals surface area (Å²) in [5, 5.41) is 0.767. The summed E-state index contributed by atoms with van der Waals surface area (Å²) in [6, 6.07) is 5.83. The average Bonchev–Trinajstić information content (AvgIpc) is 2.81. The molecule has 2 nitrogen and oxygen atoms in total. The number of benzene rings is 1. The third-order valence-electron chi connectivity index (χ3n) is 3.30. The van der Waals surface area contributed by atoms with Crippen molar-refractivity contribution in [2.24, 2.45) is 0 Å². The van der Waals surface area contributed by atoms with E-state index in [0.29, 0.717) is 0 Å². The molecule has 1 aromatic carbocycles. The zero-order chi connectivity index (χ0) is 12.3. The lowest BCUT2D eigenvalue weighted by molar-refractivity contribution is -0.112. The van der Waals surface area contributed by atoms with Crippen LogP contribution in [0.25, 0.3) is 0 Å². The quantitative estimate of drug-likeness (QED) is 0.667. The lowest BCUT2D eigenvalue weighted by Gasteiger charge is -2.23. The van der Waals surface area contributed by atoms with E-state index in [1.165, 1.54) is 11.9 Å². The molecule has 1 fully saturated rings. The fourth-order valence-corrected chi connectivity index (χ4v) is 3.31. The Morgan fingerprint density at radius 2 is 2.12 bits per heavy atom. The Labute approximate surface area is 111 Å². The molecule has 0 saturated heterocycles. The summed E-state index contributed by atoms with van der Waals surface area (Å²) in [4.78, 5) is 12.3. The SMILES string of the molecule is Cc1c(Cl)cccc1SNC1(C=O)CCCC1. The van der Waals surface area contributed by atoms with Gasteiger partial charge in [0.1, 0.15) is 6.29 Å². The van der Waals surface area contributed by atoms with Gasteiger partial charge >= 0.3 is 0 Å². The molecule has 0 radical (unpaired) electrons. The zero-order valence-electron chi connectivity index (χ0n) is 9.83. The topological polar surface area (TPSA) is 29.1 Å². The van der Waals surface area contributed by atoms with Crippen molar-refractivity contribution in [3.8, 4) is 0 Å². The first-order valence-electron chi connectivity index (χ1n) is 5.82. The number of carbonyl (C=O) groups excluding carboxylic acids is 1. The summed E-state index contributed by atoms with van der Waals surface area (Å²) < 4.78 is 3.32. The van der Waals surface area contributed by atoms with Crippen LogP contribution in [-0.2, 0) is 4.79 Å². The van der Waals surface area contributed by atoms with Crippen LogP contribution < -0.4 is 4.72 Å². The van der Waals surface area contributed by atoms with E-state index in [2.05, 4.69) is 4.72 Å². The third-order valence-corrected chi connectivity index (χ3v) is 4.88. The van der Waals surface area contributed by atoms with Crippen molar-refractivity contribution in [2.45, 2.75) is 43.0 Å². The van der Waals surface area contributed by atoms with Crippen molar-refractivity contribution in [1.82, 2.24) is 4.72 Å². The predicted molar refractivity (Wildman–Crippen MR) is 72.4 cm³/mol. The Kier molecular flexibility index (Phi) is 4.13. The van der Waals surface area contributed by atoms with Crippen LogP contribution in [0.1, 0.15) is 31.2 Å². The molecule has 0 unspecified atom stereocenters. The molecule has 0 spiro atoms. The van der Waals surface area contributed by atoms with E-state index >= 15 is 0 Å². The van der Waals surface area contributed by atoms with E-state index in [9.17, 15) is 4.79 Å². The summed E-state index contributed by atoms with van der Waals surface area (Å²) >= 11 is 7.58. The second-order valence-electron chi connectivity index (χ2n) is 4.55. The van der Waals surface area contributed by atoms with Crippen molar-refractivity contribution in [2.75, 3.05) is 0 Å². The van der Waals surface area contributed by atoms with Crippen molar-refractivity contribution in [3.63, 3.8) is 0 Å². The Bertz CT molecular complexity index is 416. The van der Waals surface area contributed by atoms with E-state index < -0.39 is 0 Å². The van der Waals surface area contributed by atoms with Gasteiger partial charge in [-0.25, -0.2) is 4.72 Å². The molecule has 1 aliphatic carbocycles. The largest absolute Gasteiger partial charge is 0.301 e. The number of carbonyl (C=O) groups is 1. The van der Waals surface area contributed by atoms with Crippen LogP contribution in [0.2, 0.25) is 5.02 Å². The van der Waals surface area contributed by atoms with E-state index in [-0.39, 0.29) is 5.54 Å². The highest BCUT2D eigenvalue weighted by atomic mass is 35.5. The predicted octanol–water partition coefficient (Wildman–Crippen LogP) is 3.76. The summed E-state index contributed by atoms with van der Waals surface area (Å²) in [7, 11) is 0. The standard InChI is InChI=1S/C13H16ClNOS/c1-10-11(14)5-4-6-12(10)17-15-13(9-16)7-2-3-8-13/h4-6,9,15H,2-3,7-8H2,1H3. The second kappa shape index (κ2) is 5.42. The second-order valence-corrected chi connectivity index (χ2v) is 5.80. The van der Waals surface area contributed by atoms with Crippen molar-refractivity contribution in [1.29, 1.82) is 0 Å². The van der Waals surface area contributed by atoms with Crippen molar-refractivity contribution >= 4 is 29.8 Å². The number of hydrogen-bond donors (Lipinski definition) is 1. The maximum atomic E-state index is 11.2. The lowest BCUT2D eigenvalue weighted by atomic mass is 10.0. The molecule has 1 N–H and O–H groups in total. The van der Waals surface area contributed by atoms with E-state index in [0.717, 1.165) is 47.5 Å². The minimum atomic E-state index is -0.334. The van der Waals surface area contributed by atoms with E-state index in [4.69, 9.17) is 11.6 Å². The first-order chi connectivity index (χ1) is 8.17. The van der Waals surface area contributed by atoms with Crippen LogP contribution in [0.4, 0.5) is 0 Å². The van der Waals surface area contributed by atoms with Gasteiger partial charge < -0.3 is 4.79 Å². The molecular weight excluding hydrogens is 254 g/mol. The Balaban J connectivity index is 2.06. The van der Waals surface area contributed by atoms with Gasteiger partial charge in [-0.1, -0.05) is 30.5 Å². The van der Waals surface area contributed by atoms with E-state index in [1.54, 1.807) is 0 Å². The van der Waals surface area contributed by atoms with E-state index in [1.807, 2.05) is 25.1 Å². The minimum absolute atomic E-state index is 0.334. The van der Waals surface area contributed by atoms with Gasteiger partial charge in [0, 0.05) is 9.92 Å². The molecule has 0 aliphatic heterocycles. The number of hydrogen-bond acceptors (Lipinski definition) is 3. The number of aldehydes is 1. The molecule has 0 atom stereocenters. The maximum Gasteiger partial charge on any atom is 0.140 e. The average molecular weight is 270 g/mol. The van der Waals surface area contributed by atoms with Crippen LogP contribution in [0, 0.1) is 6.92 Å². The van der Waals surface area contributed by atoms with Crippen LogP contribution in [-0.4, -0.2) is 11.8 Å².